The number of fused-ring (bicyclic) bond motifs is 3. The quantitative estimate of drug-likeness (QED) is 0.511. The number of nitrogens with one attached hydrogen (secondary N) is 1. The van der Waals surface area contributed by atoms with E-state index in [9.17, 15) is 0 Å². The van der Waals surface area contributed by atoms with Gasteiger partial charge in [0, 0.05) is 16.3 Å². The van der Waals surface area contributed by atoms with E-state index in [1.54, 1.807) is 0 Å². The third-order valence-electron chi connectivity index (χ3n) is 3.47. The summed E-state index contributed by atoms with van der Waals surface area (Å²) < 4.78 is 5.79. The van der Waals surface area contributed by atoms with Crippen molar-refractivity contribution in [3.05, 3.63) is 72.8 Å². The van der Waals surface area contributed by atoms with Crippen LogP contribution >= 0.6 is 12.0 Å². The SMILES string of the molecule is c1ccc(OSc2cccc3c2[nH]c2ccccc23)cc1. The summed E-state index contributed by atoms with van der Waals surface area (Å²) in [6, 6.07) is 24.5. The van der Waals surface area contributed by atoms with Crippen molar-refractivity contribution in [1.82, 2.24) is 4.98 Å². The first kappa shape index (κ1) is 12.4. The molecule has 4 rings (SSSR count). The summed E-state index contributed by atoms with van der Waals surface area (Å²) in [5, 5.41) is 2.47. The van der Waals surface area contributed by atoms with Crippen molar-refractivity contribution in [2.24, 2.45) is 0 Å². The zero-order chi connectivity index (χ0) is 14.1. The van der Waals surface area contributed by atoms with Crippen LogP contribution in [0.25, 0.3) is 21.8 Å². The summed E-state index contributed by atoms with van der Waals surface area (Å²) in [4.78, 5) is 4.57. The Bertz CT molecular complexity index is 899. The maximum Gasteiger partial charge on any atom is 0.137 e. The van der Waals surface area contributed by atoms with Crippen LogP contribution in [-0.4, -0.2) is 4.98 Å². The molecule has 3 heteroatoms. The molecule has 0 aliphatic heterocycles. The maximum absolute atomic E-state index is 5.79. The third kappa shape index (κ3) is 2.26. The van der Waals surface area contributed by atoms with Gasteiger partial charge in [0.1, 0.15) is 5.75 Å². The molecule has 0 saturated heterocycles. The van der Waals surface area contributed by atoms with E-state index in [-0.39, 0.29) is 0 Å². The van der Waals surface area contributed by atoms with Crippen molar-refractivity contribution in [3.8, 4) is 5.75 Å². The number of rotatable bonds is 3. The molecule has 0 spiro atoms. The second-order valence-electron chi connectivity index (χ2n) is 4.83. The summed E-state index contributed by atoms with van der Waals surface area (Å²) in [6.45, 7) is 0. The molecule has 0 unspecified atom stereocenters. The Morgan fingerprint density at radius 2 is 1.48 bits per heavy atom. The summed E-state index contributed by atoms with van der Waals surface area (Å²) >= 11 is 1.39. The number of hydrogen-bond donors (Lipinski definition) is 1. The van der Waals surface area contributed by atoms with E-state index in [0.717, 1.165) is 21.7 Å². The lowest BCUT2D eigenvalue weighted by molar-refractivity contribution is 0.646. The Morgan fingerprint density at radius 1 is 0.714 bits per heavy atom. The highest BCUT2D eigenvalue weighted by Crippen LogP contribution is 2.33. The first-order valence-electron chi connectivity index (χ1n) is 6.81. The molecule has 3 aromatic carbocycles. The molecular weight excluding hydrogens is 278 g/mol. The van der Waals surface area contributed by atoms with Crippen molar-refractivity contribution in [3.63, 3.8) is 0 Å². The third-order valence-corrected chi connectivity index (χ3v) is 4.27. The minimum Gasteiger partial charge on any atom is -0.421 e. The zero-order valence-corrected chi connectivity index (χ0v) is 12.1. The van der Waals surface area contributed by atoms with Crippen LogP contribution in [0.4, 0.5) is 0 Å². The molecule has 1 aromatic heterocycles. The van der Waals surface area contributed by atoms with Crippen molar-refractivity contribution in [2.75, 3.05) is 0 Å². The van der Waals surface area contributed by atoms with Gasteiger partial charge in [0.25, 0.3) is 0 Å². The molecule has 0 fully saturated rings. The van der Waals surface area contributed by atoms with Crippen LogP contribution in [0.1, 0.15) is 0 Å². The van der Waals surface area contributed by atoms with Gasteiger partial charge in [0.15, 0.2) is 0 Å². The Hall–Kier alpha value is -2.39. The molecule has 4 aromatic rings. The van der Waals surface area contributed by atoms with E-state index in [2.05, 4.69) is 41.4 Å². The fourth-order valence-corrected chi connectivity index (χ4v) is 3.16. The highest BCUT2D eigenvalue weighted by molar-refractivity contribution is 7.95. The van der Waals surface area contributed by atoms with Crippen molar-refractivity contribution in [2.45, 2.75) is 4.90 Å². The Kier molecular flexibility index (Phi) is 3.05. The monoisotopic (exact) mass is 291 g/mol. The lowest BCUT2D eigenvalue weighted by Crippen LogP contribution is -1.82. The topological polar surface area (TPSA) is 25.0 Å². The molecule has 0 aliphatic carbocycles. The summed E-state index contributed by atoms with van der Waals surface area (Å²) in [7, 11) is 0. The molecule has 0 atom stereocenters. The number of benzene rings is 3. The number of para-hydroxylation sites is 3. The predicted octanol–water partition coefficient (Wildman–Crippen LogP) is 5.41. The van der Waals surface area contributed by atoms with Gasteiger partial charge in [-0.15, -0.1) is 0 Å². The lowest BCUT2D eigenvalue weighted by Gasteiger charge is -2.04. The molecule has 0 saturated carbocycles. The number of aromatic nitrogens is 1. The Balaban J connectivity index is 1.75. The average Bonchev–Trinajstić information content (AvgIpc) is 2.93. The molecule has 1 N–H and O–H groups in total. The number of aromatic amines is 1. The first-order chi connectivity index (χ1) is 10.4. The average molecular weight is 291 g/mol. The Morgan fingerprint density at radius 3 is 2.38 bits per heavy atom. The van der Waals surface area contributed by atoms with Gasteiger partial charge < -0.3 is 9.17 Å². The maximum atomic E-state index is 5.79. The molecule has 1 heterocycles. The van der Waals surface area contributed by atoms with Gasteiger partial charge in [0.2, 0.25) is 0 Å². The van der Waals surface area contributed by atoms with Crippen LogP contribution in [0.3, 0.4) is 0 Å². The fraction of sp³-hybridized carbons (Fsp3) is 0. The van der Waals surface area contributed by atoms with Gasteiger partial charge in [-0.3, -0.25) is 0 Å². The second-order valence-corrected chi connectivity index (χ2v) is 5.60. The van der Waals surface area contributed by atoms with Crippen LogP contribution in [0.15, 0.2) is 77.7 Å². The van der Waals surface area contributed by atoms with Crippen LogP contribution in [0.5, 0.6) is 5.75 Å². The zero-order valence-electron chi connectivity index (χ0n) is 11.2. The molecule has 102 valence electrons. The molecule has 0 amide bonds. The normalized spacial score (nSPS) is 11.0. The van der Waals surface area contributed by atoms with Gasteiger partial charge in [0.05, 0.1) is 22.5 Å². The standard InChI is InChI=1S/C18H13NOS/c1-2-7-13(8-3-1)20-21-17-12-6-10-15-14-9-4-5-11-16(14)19-18(15)17/h1-12,19H. The predicted molar refractivity (Wildman–Crippen MR) is 88.7 cm³/mol. The van der Waals surface area contributed by atoms with Gasteiger partial charge in [-0.1, -0.05) is 48.5 Å². The number of hydrogen-bond acceptors (Lipinski definition) is 2. The molecular formula is C18H13NOS. The minimum atomic E-state index is 0.857. The molecule has 21 heavy (non-hydrogen) atoms. The van der Waals surface area contributed by atoms with Crippen LogP contribution in [-0.2, 0) is 0 Å². The van der Waals surface area contributed by atoms with Crippen molar-refractivity contribution < 1.29 is 4.18 Å². The summed E-state index contributed by atoms with van der Waals surface area (Å²) in [6.07, 6.45) is 0. The van der Waals surface area contributed by atoms with E-state index < -0.39 is 0 Å². The van der Waals surface area contributed by atoms with Gasteiger partial charge in [-0.2, -0.15) is 0 Å². The highest BCUT2D eigenvalue weighted by atomic mass is 32.2. The van der Waals surface area contributed by atoms with Gasteiger partial charge in [-0.05, 0) is 24.3 Å². The van der Waals surface area contributed by atoms with E-state index >= 15 is 0 Å². The number of H-pyrrole nitrogens is 1. The van der Waals surface area contributed by atoms with Gasteiger partial charge >= 0.3 is 0 Å². The van der Waals surface area contributed by atoms with E-state index in [0.29, 0.717) is 0 Å². The van der Waals surface area contributed by atoms with E-state index in [4.69, 9.17) is 4.18 Å². The molecule has 0 aliphatic rings. The van der Waals surface area contributed by atoms with E-state index in [1.165, 1.54) is 22.8 Å². The largest absolute Gasteiger partial charge is 0.421 e. The minimum absolute atomic E-state index is 0.857. The highest BCUT2D eigenvalue weighted by Gasteiger charge is 2.09. The van der Waals surface area contributed by atoms with Crippen molar-refractivity contribution >= 4 is 33.8 Å². The molecule has 0 bridgehead atoms. The Labute approximate surface area is 127 Å². The fourth-order valence-electron chi connectivity index (χ4n) is 2.48. The molecule has 0 radical (unpaired) electrons. The van der Waals surface area contributed by atoms with Crippen LogP contribution < -0.4 is 4.18 Å². The van der Waals surface area contributed by atoms with E-state index in [1.807, 2.05) is 36.4 Å². The summed E-state index contributed by atoms with van der Waals surface area (Å²) in [5.74, 6) is 0.857. The molecule has 2 nitrogen and oxygen atoms in total. The second kappa shape index (κ2) is 5.19. The van der Waals surface area contributed by atoms with Crippen LogP contribution in [0.2, 0.25) is 0 Å². The summed E-state index contributed by atoms with van der Waals surface area (Å²) in [5.41, 5.74) is 2.28. The van der Waals surface area contributed by atoms with Crippen molar-refractivity contribution in [1.29, 1.82) is 0 Å². The van der Waals surface area contributed by atoms with Crippen LogP contribution in [0, 0.1) is 0 Å². The first-order valence-corrected chi connectivity index (χ1v) is 7.55. The smallest absolute Gasteiger partial charge is 0.137 e. The van der Waals surface area contributed by atoms with Gasteiger partial charge in [-0.25, -0.2) is 0 Å². The lowest BCUT2D eigenvalue weighted by atomic mass is 10.1.